The van der Waals surface area contributed by atoms with E-state index in [0.717, 1.165) is 83.5 Å². The zero-order valence-corrected chi connectivity index (χ0v) is 41.7. The molecule has 63 heavy (non-hydrogen) atoms. The van der Waals surface area contributed by atoms with E-state index >= 15 is 0 Å². The fourth-order valence-corrected chi connectivity index (χ4v) is 7.94. The molecule has 0 aromatic heterocycles. The number of aliphatic hydroxyl groups excluding tert-OH is 2. The fraction of sp³-hybridized carbons (Fsp3) is 0.789. The highest BCUT2D eigenvalue weighted by Gasteiger charge is 2.24. The van der Waals surface area contributed by atoms with Gasteiger partial charge in [-0.05, 0) is 89.9 Å². The highest BCUT2D eigenvalue weighted by atomic mass is 16.5. The van der Waals surface area contributed by atoms with Crippen molar-refractivity contribution in [3.63, 3.8) is 0 Å². The van der Waals surface area contributed by atoms with Gasteiger partial charge >= 0.3 is 5.97 Å². The number of ether oxygens (including phenoxy) is 1. The molecular weight excluding hydrogens is 779 g/mol. The molecule has 0 fully saturated rings. The Morgan fingerprint density at radius 2 is 0.825 bits per heavy atom. The van der Waals surface area contributed by atoms with Gasteiger partial charge in [0.25, 0.3) is 0 Å². The monoisotopic (exact) mass is 882 g/mol. The summed E-state index contributed by atoms with van der Waals surface area (Å²) in [6.07, 6.45) is 62.8. The maximum atomic E-state index is 13.2. The lowest BCUT2D eigenvalue weighted by Gasteiger charge is -2.24. The van der Waals surface area contributed by atoms with Crippen molar-refractivity contribution in [3.05, 3.63) is 60.8 Å². The molecule has 0 aromatic carbocycles. The standard InChI is InChI=1S/C57H103NO5/c1-4-7-10-13-16-19-22-25-27-28-29-31-33-36-39-42-45-48-53(63-57(62)50-47-44-41-38-35-30-24-21-18-15-12-9-6-3)51-56(61)58-54(52-59)55(60)49-46-43-40-37-34-32-26-23-20-17-14-11-8-5-2/h16,19,25,27,29-31,35-36,39,53-55,59-60H,4-15,17-18,20-24,26,28,32-34,37-38,40-52H2,1-3H3,(H,58,61)/b19-16-,27-25-,31-29-,35-30-,39-36-. The molecule has 3 unspecified atom stereocenters. The van der Waals surface area contributed by atoms with Crippen molar-refractivity contribution < 1.29 is 24.5 Å². The van der Waals surface area contributed by atoms with Crippen LogP contribution in [0.4, 0.5) is 0 Å². The van der Waals surface area contributed by atoms with E-state index in [0.29, 0.717) is 19.3 Å². The zero-order chi connectivity index (χ0) is 45.9. The molecule has 0 saturated carbocycles. The zero-order valence-electron chi connectivity index (χ0n) is 41.7. The smallest absolute Gasteiger partial charge is 0.306 e. The van der Waals surface area contributed by atoms with Crippen LogP contribution in [0.25, 0.3) is 0 Å². The average Bonchev–Trinajstić information content (AvgIpc) is 3.28. The number of hydrogen-bond acceptors (Lipinski definition) is 5. The van der Waals surface area contributed by atoms with Crippen LogP contribution in [0.3, 0.4) is 0 Å². The quantitative estimate of drug-likeness (QED) is 0.0321. The van der Waals surface area contributed by atoms with Gasteiger partial charge in [0.05, 0.1) is 25.2 Å². The minimum atomic E-state index is -0.805. The molecule has 0 aliphatic rings. The summed E-state index contributed by atoms with van der Waals surface area (Å²) in [5, 5.41) is 23.8. The van der Waals surface area contributed by atoms with Crippen LogP contribution in [-0.2, 0) is 14.3 Å². The lowest BCUT2D eigenvalue weighted by atomic mass is 10.0. The summed E-state index contributed by atoms with van der Waals surface area (Å²) in [4.78, 5) is 26.2. The number of esters is 1. The van der Waals surface area contributed by atoms with Crippen LogP contribution in [0.2, 0.25) is 0 Å². The molecule has 0 aliphatic heterocycles. The molecule has 0 aliphatic carbocycles. The molecular formula is C57H103NO5. The highest BCUT2D eigenvalue weighted by molar-refractivity contribution is 5.77. The molecule has 0 spiro atoms. The summed E-state index contributed by atoms with van der Waals surface area (Å²) in [6.45, 7) is 6.44. The van der Waals surface area contributed by atoms with Gasteiger partial charge in [0.1, 0.15) is 6.10 Å². The number of carbonyl (C=O) groups is 2. The van der Waals surface area contributed by atoms with Gasteiger partial charge in [-0.2, -0.15) is 0 Å². The van der Waals surface area contributed by atoms with Crippen molar-refractivity contribution in [3.8, 4) is 0 Å². The Labute approximate surface area is 390 Å². The number of unbranched alkanes of at least 4 members (excludes halogenated alkanes) is 26. The number of amides is 1. The number of rotatable bonds is 48. The molecule has 6 nitrogen and oxygen atoms in total. The first-order valence-corrected chi connectivity index (χ1v) is 27.0. The van der Waals surface area contributed by atoms with Crippen LogP contribution < -0.4 is 5.32 Å². The number of nitrogens with one attached hydrogen (secondary N) is 1. The fourth-order valence-electron chi connectivity index (χ4n) is 7.94. The van der Waals surface area contributed by atoms with Gasteiger partial charge in [0.2, 0.25) is 5.91 Å². The highest BCUT2D eigenvalue weighted by Crippen LogP contribution is 2.17. The third-order valence-corrected chi connectivity index (χ3v) is 12.1. The van der Waals surface area contributed by atoms with Gasteiger partial charge in [0, 0.05) is 6.42 Å². The molecule has 0 saturated heterocycles. The van der Waals surface area contributed by atoms with Gasteiger partial charge in [0.15, 0.2) is 0 Å². The second-order valence-electron chi connectivity index (χ2n) is 18.3. The molecule has 3 atom stereocenters. The first-order valence-electron chi connectivity index (χ1n) is 27.0. The van der Waals surface area contributed by atoms with Crippen LogP contribution >= 0.6 is 0 Å². The molecule has 0 heterocycles. The van der Waals surface area contributed by atoms with Crippen molar-refractivity contribution in [2.75, 3.05) is 6.61 Å². The van der Waals surface area contributed by atoms with E-state index in [1.807, 2.05) is 0 Å². The first kappa shape index (κ1) is 60.6. The normalized spacial score (nSPS) is 13.7. The Bertz CT molecular complexity index is 1130. The van der Waals surface area contributed by atoms with Crippen LogP contribution in [0.1, 0.15) is 265 Å². The average molecular weight is 882 g/mol. The van der Waals surface area contributed by atoms with Crippen LogP contribution in [0.15, 0.2) is 60.8 Å². The minimum absolute atomic E-state index is 0.0336. The predicted molar refractivity (Wildman–Crippen MR) is 273 cm³/mol. The molecule has 1 amide bonds. The van der Waals surface area contributed by atoms with E-state index in [1.54, 1.807) is 0 Å². The van der Waals surface area contributed by atoms with Crippen molar-refractivity contribution in [2.45, 2.75) is 283 Å². The SMILES string of the molecule is CCCCC/C=C\C/C=C\C/C=C\C/C=C\CCCC(CC(=O)NC(CO)C(O)CCCCCCCCCCCCCCCC)OC(=O)CCCCC/C=C\CCCCCCCC. The summed E-state index contributed by atoms with van der Waals surface area (Å²) in [5.74, 6) is -0.544. The summed E-state index contributed by atoms with van der Waals surface area (Å²) < 4.78 is 5.91. The Balaban J connectivity index is 4.69. The minimum Gasteiger partial charge on any atom is -0.462 e. The maximum absolute atomic E-state index is 13.2. The second kappa shape index (κ2) is 50.6. The summed E-state index contributed by atoms with van der Waals surface area (Å²) in [5.41, 5.74) is 0. The van der Waals surface area contributed by atoms with Crippen LogP contribution in [0, 0.1) is 0 Å². The lowest BCUT2D eigenvalue weighted by Crippen LogP contribution is -2.46. The lowest BCUT2D eigenvalue weighted by molar-refractivity contribution is -0.151. The van der Waals surface area contributed by atoms with Gasteiger partial charge in [-0.1, -0.05) is 223 Å². The van der Waals surface area contributed by atoms with Crippen molar-refractivity contribution in [1.29, 1.82) is 0 Å². The molecule has 0 bridgehead atoms. The van der Waals surface area contributed by atoms with Crippen molar-refractivity contribution in [2.24, 2.45) is 0 Å². The maximum Gasteiger partial charge on any atom is 0.306 e. The summed E-state index contributed by atoms with van der Waals surface area (Å²) in [6, 6.07) is -0.723. The second-order valence-corrected chi connectivity index (χ2v) is 18.3. The Kier molecular flexibility index (Phi) is 48.6. The van der Waals surface area contributed by atoms with Gasteiger partial charge in [-0.15, -0.1) is 0 Å². The van der Waals surface area contributed by atoms with Crippen LogP contribution in [0.5, 0.6) is 0 Å². The Morgan fingerprint density at radius 1 is 0.460 bits per heavy atom. The van der Waals surface area contributed by atoms with Crippen LogP contribution in [-0.4, -0.2) is 46.9 Å². The summed E-state index contributed by atoms with van der Waals surface area (Å²) in [7, 11) is 0. The molecule has 0 aromatic rings. The molecule has 0 rings (SSSR count). The third kappa shape index (κ3) is 45.9. The van der Waals surface area contributed by atoms with E-state index in [-0.39, 0.29) is 24.9 Å². The number of allylic oxidation sites excluding steroid dienone is 10. The Morgan fingerprint density at radius 3 is 1.30 bits per heavy atom. The van der Waals surface area contributed by atoms with E-state index in [2.05, 4.69) is 86.8 Å². The molecule has 3 N–H and O–H groups in total. The largest absolute Gasteiger partial charge is 0.462 e. The van der Waals surface area contributed by atoms with Crippen molar-refractivity contribution >= 4 is 11.9 Å². The van der Waals surface area contributed by atoms with Gasteiger partial charge in [-0.25, -0.2) is 0 Å². The molecule has 0 radical (unpaired) electrons. The molecule has 6 heteroatoms. The first-order chi connectivity index (χ1) is 31.0. The topological polar surface area (TPSA) is 95.9 Å². The van der Waals surface area contributed by atoms with E-state index < -0.39 is 18.2 Å². The van der Waals surface area contributed by atoms with Crippen molar-refractivity contribution in [1.82, 2.24) is 5.32 Å². The predicted octanol–water partition coefficient (Wildman–Crippen LogP) is 16.4. The van der Waals surface area contributed by atoms with E-state index in [9.17, 15) is 19.8 Å². The number of aliphatic hydroxyl groups is 2. The third-order valence-electron chi connectivity index (χ3n) is 12.1. The molecule has 366 valence electrons. The number of carbonyl (C=O) groups excluding carboxylic acids is 2. The van der Waals surface area contributed by atoms with Gasteiger partial charge < -0.3 is 20.3 Å². The van der Waals surface area contributed by atoms with E-state index in [4.69, 9.17) is 4.74 Å². The Hall–Kier alpha value is -2.44. The summed E-state index contributed by atoms with van der Waals surface area (Å²) >= 11 is 0. The van der Waals surface area contributed by atoms with E-state index in [1.165, 1.54) is 135 Å². The number of hydrogen-bond donors (Lipinski definition) is 3. The van der Waals surface area contributed by atoms with Gasteiger partial charge in [-0.3, -0.25) is 9.59 Å².